The fourth-order valence-electron chi connectivity index (χ4n) is 2.20. The average Bonchev–Trinajstić information content (AvgIpc) is 2.49. The lowest BCUT2D eigenvalue weighted by atomic mass is 10.1. The Kier molecular flexibility index (Phi) is 5.64. The lowest BCUT2D eigenvalue weighted by Crippen LogP contribution is -2.07. The SMILES string of the molecule is Cc1ccc(OCCCOc2ccccc2CN)c(C)c1. The van der Waals surface area contributed by atoms with Crippen LogP contribution in [0, 0.1) is 13.8 Å². The van der Waals surface area contributed by atoms with Gasteiger partial charge in [-0.2, -0.15) is 0 Å². The van der Waals surface area contributed by atoms with Gasteiger partial charge in [0.25, 0.3) is 0 Å². The summed E-state index contributed by atoms with van der Waals surface area (Å²) in [4.78, 5) is 0. The molecule has 2 aromatic rings. The van der Waals surface area contributed by atoms with Crippen LogP contribution in [0.25, 0.3) is 0 Å². The topological polar surface area (TPSA) is 44.5 Å². The highest BCUT2D eigenvalue weighted by Crippen LogP contribution is 2.19. The first kappa shape index (κ1) is 15.4. The summed E-state index contributed by atoms with van der Waals surface area (Å²) < 4.78 is 11.5. The summed E-state index contributed by atoms with van der Waals surface area (Å²) in [5.41, 5.74) is 9.14. The third-order valence-electron chi connectivity index (χ3n) is 3.33. The molecule has 0 atom stereocenters. The second-order valence-electron chi connectivity index (χ2n) is 5.13. The van der Waals surface area contributed by atoms with Crippen LogP contribution in [0.2, 0.25) is 0 Å². The molecule has 3 heteroatoms. The van der Waals surface area contributed by atoms with E-state index in [1.165, 1.54) is 11.1 Å². The van der Waals surface area contributed by atoms with Crippen LogP contribution in [0.1, 0.15) is 23.1 Å². The smallest absolute Gasteiger partial charge is 0.123 e. The van der Waals surface area contributed by atoms with Crippen molar-refractivity contribution in [3.8, 4) is 11.5 Å². The maximum Gasteiger partial charge on any atom is 0.123 e. The van der Waals surface area contributed by atoms with Gasteiger partial charge in [0.2, 0.25) is 0 Å². The van der Waals surface area contributed by atoms with E-state index in [4.69, 9.17) is 15.2 Å². The van der Waals surface area contributed by atoms with Crippen LogP contribution in [0.3, 0.4) is 0 Å². The van der Waals surface area contributed by atoms with Crippen molar-refractivity contribution in [1.29, 1.82) is 0 Å². The largest absolute Gasteiger partial charge is 0.493 e. The number of hydrogen-bond acceptors (Lipinski definition) is 3. The highest BCUT2D eigenvalue weighted by atomic mass is 16.5. The molecule has 21 heavy (non-hydrogen) atoms. The summed E-state index contributed by atoms with van der Waals surface area (Å²) in [5, 5.41) is 0. The second-order valence-corrected chi connectivity index (χ2v) is 5.13. The summed E-state index contributed by atoms with van der Waals surface area (Å²) in [6.45, 7) is 5.92. The van der Waals surface area contributed by atoms with Gasteiger partial charge in [0, 0.05) is 18.5 Å². The maximum atomic E-state index is 5.78. The number of para-hydroxylation sites is 1. The molecule has 3 nitrogen and oxygen atoms in total. The van der Waals surface area contributed by atoms with Crippen molar-refractivity contribution in [1.82, 2.24) is 0 Å². The number of benzene rings is 2. The maximum absolute atomic E-state index is 5.78. The Morgan fingerprint density at radius 1 is 0.905 bits per heavy atom. The van der Waals surface area contributed by atoms with Gasteiger partial charge in [-0.25, -0.2) is 0 Å². The number of rotatable bonds is 7. The van der Waals surface area contributed by atoms with Crippen molar-refractivity contribution in [3.63, 3.8) is 0 Å². The standard InChI is InChI=1S/C18H23NO2/c1-14-8-9-17(15(2)12-14)20-10-5-11-21-18-7-4-3-6-16(18)13-19/h3-4,6-9,12H,5,10-11,13,19H2,1-2H3. The van der Waals surface area contributed by atoms with Crippen LogP contribution in [0.5, 0.6) is 11.5 Å². The summed E-state index contributed by atoms with van der Waals surface area (Å²) >= 11 is 0. The van der Waals surface area contributed by atoms with E-state index in [-0.39, 0.29) is 0 Å². The Bertz CT molecular complexity index is 581. The lowest BCUT2D eigenvalue weighted by molar-refractivity contribution is 0.245. The van der Waals surface area contributed by atoms with E-state index in [1.807, 2.05) is 30.3 Å². The van der Waals surface area contributed by atoms with Crippen molar-refractivity contribution < 1.29 is 9.47 Å². The minimum absolute atomic E-state index is 0.495. The zero-order valence-electron chi connectivity index (χ0n) is 12.8. The van der Waals surface area contributed by atoms with Crippen LogP contribution in [0.4, 0.5) is 0 Å². The van der Waals surface area contributed by atoms with E-state index < -0.39 is 0 Å². The van der Waals surface area contributed by atoms with Gasteiger partial charge in [0.15, 0.2) is 0 Å². The molecule has 2 aromatic carbocycles. The number of hydrogen-bond donors (Lipinski definition) is 1. The molecule has 0 fully saturated rings. The minimum Gasteiger partial charge on any atom is -0.493 e. The minimum atomic E-state index is 0.495. The molecular weight excluding hydrogens is 262 g/mol. The molecule has 0 saturated carbocycles. The number of ether oxygens (including phenoxy) is 2. The number of nitrogens with two attached hydrogens (primary N) is 1. The predicted molar refractivity (Wildman–Crippen MR) is 85.9 cm³/mol. The molecule has 0 bridgehead atoms. The molecule has 0 aromatic heterocycles. The Morgan fingerprint density at radius 3 is 2.33 bits per heavy atom. The van der Waals surface area contributed by atoms with Gasteiger partial charge in [-0.15, -0.1) is 0 Å². The van der Waals surface area contributed by atoms with Crippen LogP contribution in [-0.2, 0) is 6.54 Å². The van der Waals surface area contributed by atoms with Crippen LogP contribution in [-0.4, -0.2) is 13.2 Å². The first-order valence-corrected chi connectivity index (χ1v) is 7.31. The number of aryl methyl sites for hydroxylation is 2. The Morgan fingerprint density at radius 2 is 1.62 bits per heavy atom. The Balaban J connectivity index is 1.75. The predicted octanol–water partition coefficient (Wildman–Crippen LogP) is 3.61. The van der Waals surface area contributed by atoms with Crippen molar-refractivity contribution in [2.24, 2.45) is 5.73 Å². The normalized spacial score (nSPS) is 10.4. The van der Waals surface area contributed by atoms with Gasteiger partial charge < -0.3 is 15.2 Å². The monoisotopic (exact) mass is 285 g/mol. The third kappa shape index (κ3) is 4.50. The van der Waals surface area contributed by atoms with Gasteiger partial charge in [-0.3, -0.25) is 0 Å². The van der Waals surface area contributed by atoms with Crippen LogP contribution in [0.15, 0.2) is 42.5 Å². The van der Waals surface area contributed by atoms with E-state index >= 15 is 0 Å². The van der Waals surface area contributed by atoms with Crippen LogP contribution < -0.4 is 15.2 Å². The molecule has 0 saturated heterocycles. The van der Waals surface area contributed by atoms with E-state index in [0.717, 1.165) is 23.5 Å². The second kappa shape index (κ2) is 7.70. The van der Waals surface area contributed by atoms with Crippen molar-refractivity contribution >= 4 is 0 Å². The summed E-state index contributed by atoms with van der Waals surface area (Å²) in [6.07, 6.45) is 0.840. The van der Waals surface area contributed by atoms with Crippen molar-refractivity contribution in [2.45, 2.75) is 26.8 Å². The highest BCUT2D eigenvalue weighted by molar-refractivity contribution is 5.35. The van der Waals surface area contributed by atoms with E-state index in [1.54, 1.807) is 0 Å². The molecule has 112 valence electrons. The molecule has 0 spiro atoms. The van der Waals surface area contributed by atoms with Crippen LogP contribution >= 0.6 is 0 Å². The quantitative estimate of drug-likeness (QED) is 0.790. The van der Waals surface area contributed by atoms with Gasteiger partial charge in [-0.1, -0.05) is 35.9 Å². The molecule has 0 radical (unpaired) electrons. The summed E-state index contributed by atoms with van der Waals surface area (Å²) in [5.74, 6) is 1.81. The third-order valence-corrected chi connectivity index (χ3v) is 3.33. The Labute approximate surface area is 126 Å². The first-order valence-electron chi connectivity index (χ1n) is 7.31. The van der Waals surface area contributed by atoms with Gasteiger partial charge >= 0.3 is 0 Å². The zero-order chi connectivity index (χ0) is 15.1. The molecule has 0 amide bonds. The fraction of sp³-hybridized carbons (Fsp3) is 0.333. The molecular formula is C18H23NO2. The van der Waals surface area contributed by atoms with E-state index in [0.29, 0.717) is 19.8 Å². The fourth-order valence-corrected chi connectivity index (χ4v) is 2.20. The molecule has 2 N–H and O–H groups in total. The zero-order valence-corrected chi connectivity index (χ0v) is 12.8. The van der Waals surface area contributed by atoms with Gasteiger partial charge in [-0.05, 0) is 31.5 Å². The molecule has 0 heterocycles. The van der Waals surface area contributed by atoms with E-state index in [9.17, 15) is 0 Å². The van der Waals surface area contributed by atoms with Crippen molar-refractivity contribution in [3.05, 3.63) is 59.2 Å². The summed E-state index contributed by atoms with van der Waals surface area (Å²) in [7, 11) is 0. The van der Waals surface area contributed by atoms with Gasteiger partial charge in [0.05, 0.1) is 13.2 Å². The molecule has 0 unspecified atom stereocenters. The average molecular weight is 285 g/mol. The molecule has 0 aliphatic heterocycles. The van der Waals surface area contributed by atoms with E-state index in [2.05, 4.69) is 26.0 Å². The molecule has 2 rings (SSSR count). The van der Waals surface area contributed by atoms with Gasteiger partial charge in [0.1, 0.15) is 11.5 Å². The first-order chi connectivity index (χ1) is 10.2. The molecule has 0 aliphatic rings. The lowest BCUT2D eigenvalue weighted by Gasteiger charge is -2.12. The Hall–Kier alpha value is -2.00. The highest BCUT2D eigenvalue weighted by Gasteiger charge is 2.02. The van der Waals surface area contributed by atoms with Crippen molar-refractivity contribution in [2.75, 3.05) is 13.2 Å². The molecule has 0 aliphatic carbocycles. The summed E-state index contributed by atoms with van der Waals surface area (Å²) in [6, 6.07) is 14.1.